The fourth-order valence-electron chi connectivity index (χ4n) is 2.44. The molecule has 0 spiro atoms. The number of aliphatic hydroxyl groups is 1. The first-order valence-corrected chi connectivity index (χ1v) is 8.46. The van der Waals surface area contributed by atoms with Gasteiger partial charge in [0.05, 0.1) is 5.56 Å². The van der Waals surface area contributed by atoms with Crippen LogP contribution in [0, 0.1) is 11.6 Å². The molecule has 3 aromatic rings. The number of aliphatic hydroxyl groups excluding tert-OH is 1. The molecule has 0 radical (unpaired) electrons. The van der Waals surface area contributed by atoms with Gasteiger partial charge in [-0.2, -0.15) is 0 Å². The normalized spacial score (nSPS) is 11.9. The number of nitrogens with zero attached hydrogens (tertiary/aromatic N) is 2. The maximum atomic E-state index is 14.4. The molecule has 1 atom stereocenters. The number of nitrogen functional groups attached to an aromatic ring is 1. The van der Waals surface area contributed by atoms with Crippen molar-refractivity contribution in [3.05, 3.63) is 76.0 Å². The third-order valence-corrected chi connectivity index (χ3v) is 4.14. The Morgan fingerprint density at radius 2 is 1.89 bits per heavy atom. The summed E-state index contributed by atoms with van der Waals surface area (Å²) >= 11 is 3.09. The summed E-state index contributed by atoms with van der Waals surface area (Å²) in [5, 5.41) is 12.3. The molecule has 138 valence electrons. The molecule has 0 aliphatic rings. The number of rotatable bonds is 4. The summed E-state index contributed by atoms with van der Waals surface area (Å²) in [6.45, 7) is 0. The van der Waals surface area contributed by atoms with E-state index in [1.165, 1.54) is 36.7 Å². The number of hydrogen-bond donors (Lipinski definition) is 3. The number of nitrogens with two attached hydrogens (primary N) is 1. The molecule has 1 amide bonds. The van der Waals surface area contributed by atoms with Gasteiger partial charge >= 0.3 is 0 Å². The Kier molecular flexibility index (Phi) is 5.43. The van der Waals surface area contributed by atoms with Crippen LogP contribution in [0.4, 0.5) is 14.6 Å². The van der Waals surface area contributed by atoms with E-state index >= 15 is 0 Å². The fraction of sp³-hybridized carbons (Fsp3) is 0.0556. The number of nitrogens with one attached hydrogen (secondary N) is 1. The van der Waals surface area contributed by atoms with Crippen LogP contribution in [0.3, 0.4) is 0 Å². The molecule has 0 aliphatic heterocycles. The summed E-state index contributed by atoms with van der Waals surface area (Å²) in [4.78, 5) is 20.2. The monoisotopic (exact) mass is 434 g/mol. The number of carbonyl (C=O) groups is 1. The van der Waals surface area contributed by atoms with Gasteiger partial charge in [0.15, 0.2) is 6.23 Å². The van der Waals surface area contributed by atoms with Crippen molar-refractivity contribution in [2.45, 2.75) is 6.23 Å². The molecule has 1 aromatic heterocycles. The molecular weight excluding hydrogens is 422 g/mol. The quantitative estimate of drug-likeness (QED) is 0.547. The third kappa shape index (κ3) is 4.26. The number of halogens is 3. The van der Waals surface area contributed by atoms with Gasteiger partial charge in [-0.15, -0.1) is 0 Å². The van der Waals surface area contributed by atoms with Gasteiger partial charge in [-0.3, -0.25) is 9.78 Å². The predicted octanol–water partition coefficient (Wildman–Crippen LogP) is 3.19. The highest BCUT2D eigenvalue weighted by atomic mass is 79.9. The average Bonchev–Trinajstić information content (AvgIpc) is 2.61. The van der Waals surface area contributed by atoms with Gasteiger partial charge in [0.25, 0.3) is 5.91 Å². The van der Waals surface area contributed by atoms with E-state index in [0.29, 0.717) is 10.0 Å². The van der Waals surface area contributed by atoms with Crippen LogP contribution in [-0.2, 0) is 0 Å². The Morgan fingerprint density at radius 1 is 1.15 bits per heavy atom. The number of carbonyl (C=O) groups excluding carboxylic acids is 1. The van der Waals surface area contributed by atoms with Crippen molar-refractivity contribution in [2.75, 3.05) is 5.73 Å². The van der Waals surface area contributed by atoms with E-state index in [1.807, 2.05) is 0 Å². The van der Waals surface area contributed by atoms with Crippen LogP contribution in [0.5, 0.6) is 0 Å². The highest BCUT2D eigenvalue weighted by Crippen LogP contribution is 2.24. The second-order valence-corrected chi connectivity index (χ2v) is 6.48. The maximum Gasteiger partial charge on any atom is 0.256 e. The minimum absolute atomic E-state index is 0.111. The van der Waals surface area contributed by atoms with Crippen molar-refractivity contribution in [1.82, 2.24) is 15.3 Å². The first-order valence-electron chi connectivity index (χ1n) is 7.66. The molecule has 0 saturated carbocycles. The van der Waals surface area contributed by atoms with E-state index in [9.17, 15) is 18.7 Å². The Balaban J connectivity index is 1.82. The van der Waals surface area contributed by atoms with Gasteiger partial charge in [-0.05, 0) is 30.3 Å². The van der Waals surface area contributed by atoms with Crippen LogP contribution < -0.4 is 11.1 Å². The van der Waals surface area contributed by atoms with Crippen LogP contribution >= 0.6 is 15.9 Å². The molecule has 6 nitrogen and oxygen atoms in total. The lowest BCUT2D eigenvalue weighted by molar-refractivity contribution is 0.0779. The molecule has 0 bridgehead atoms. The highest BCUT2D eigenvalue weighted by molar-refractivity contribution is 9.10. The Hall–Kier alpha value is -2.91. The summed E-state index contributed by atoms with van der Waals surface area (Å²) < 4.78 is 28.2. The molecule has 3 rings (SSSR count). The standard InChI is InChI=1S/C18H13BrF2N4O2/c19-11-5-10(6-12(20)8-11)17(26)25-18(27)13-2-1-9(7-14(13)21)15-16(22)24-4-3-23-15/h1-8,17,26H,(H2,22,24)(H,25,27). The van der Waals surface area contributed by atoms with E-state index in [4.69, 9.17) is 5.73 Å². The zero-order chi connectivity index (χ0) is 19.6. The van der Waals surface area contributed by atoms with Gasteiger partial charge in [-0.25, -0.2) is 13.8 Å². The molecule has 4 N–H and O–H groups in total. The van der Waals surface area contributed by atoms with Crippen molar-refractivity contribution < 1.29 is 18.7 Å². The second-order valence-electron chi connectivity index (χ2n) is 5.56. The molecule has 27 heavy (non-hydrogen) atoms. The van der Waals surface area contributed by atoms with Crippen LogP contribution in [0.2, 0.25) is 0 Å². The lowest BCUT2D eigenvalue weighted by Gasteiger charge is -2.14. The topological polar surface area (TPSA) is 101 Å². The van der Waals surface area contributed by atoms with E-state index in [2.05, 4.69) is 31.2 Å². The van der Waals surface area contributed by atoms with E-state index in [-0.39, 0.29) is 22.6 Å². The number of anilines is 1. The summed E-state index contributed by atoms with van der Waals surface area (Å²) in [5.74, 6) is -2.16. The van der Waals surface area contributed by atoms with E-state index in [0.717, 1.165) is 12.1 Å². The molecule has 0 fully saturated rings. The van der Waals surface area contributed by atoms with Gasteiger partial charge in [0.1, 0.15) is 23.1 Å². The summed E-state index contributed by atoms with van der Waals surface area (Å²) in [7, 11) is 0. The highest BCUT2D eigenvalue weighted by Gasteiger charge is 2.18. The summed E-state index contributed by atoms with van der Waals surface area (Å²) in [5.41, 5.74) is 6.16. The zero-order valence-corrected chi connectivity index (χ0v) is 15.2. The molecule has 1 heterocycles. The van der Waals surface area contributed by atoms with Crippen molar-refractivity contribution in [2.24, 2.45) is 0 Å². The van der Waals surface area contributed by atoms with Gasteiger partial charge in [0.2, 0.25) is 0 Å². The van der Waals surface area contributed by atoms with Crippen molar-refractivity contribution in [3.8, 4) is 11.3 Å². The van der Waals surface area contributed by atoms with E-state index in [1.54, 1.807) is 0 Å². The summed E-state index contributed by atoms with van der Waals surface area (Å²) in [6.07, 6.45) is 1.31. The van der Waals surface area contributed by atoms with Crippen LogP contribution in [0.15, 0.2) is 53.3 Å². The zero-order valence-electron chi connectivity index (χ0n) is 13.7. The minimum atomic E-state index is -1.51. The Bertz CT molecular complexity index is 996. The SMILES string of the molecule is Nc1nccnc1-c1ccc(C(=O)NC(O)c2cc(F)cc(Br)c2)c(F)c1. The van der Waals surface area contributed by atoms with Crippen LogP contribution in [-0.4, -0.2) is 21.0 Å². The van der Waals surface area contributed by atoms with Crippen molar-refractivity contribution in [1.29, 1.82) is 0 Å². The lowest BCUT2D eigenvalue weighted by atomic mass is 10.1. The van der Waals surface area contributed by atoms with Gasteiger partial charge in [0, 0.05) is 28.0 Å². The predicted molar refractivity (Wildman–Crippen MR) is 98.4 cm³/mol. The van der Waals surface area contributed by atoms with Crippen molar-refractivity contribution in [3.63, 3.8) is 0 Å². The molecule has 0 aliphatic carbocycles. The van der Waals surface area contributed by atoms with Gasteiger partial charge < -0.3 is 16.2 Å². The molecule has 9 heteroatoms. The molecule has 0 saturated heterocycles. The smallest absolute Gasteiger partial charge is 0.256 e. The average molecular weight is 435 g/mol. The largest absolute Gasteiger partial charge is 0.382 e. The number of amides is 1. The first kappa shape index (κ1) is 18.9. The molecular formula is C18H13BrF2N4O2. The van der Waals surface area contributed by atoms with Crippen LogP contribution in [0.1, 0.15) is 22.1 Å². The third-order valence-electron chi connectivity index (χ3n) is 3.68. The number of benzene rings is 2. The lowest BCUT2D eigenvalue weighted by Crippen LogP contribution is -2.29. The number of hydrogen-bond acceptors (Lipinski definition) is 5. The Morgan fingerprint density at radius 3 is 2.56 bits per heavy atom. The summed E-state index contributed by atoms with van der Waals surface area (Å²) in [6, 6.07) is 7.50. The van der Waals surface area contributed by atoms with Gasteiger partial charge in [-0.1, -0.05) is 22.0 Å². The fourth-order valence-corrected chi connectivity index (χ4v) is 2.92. The second kappa shape index (κ2) is 7.77. The van der Waals surface area contributed by atoms with Crippen LogP contribution in [0.25, 0.3) is 11.3 Å². The van der Waals surface area contributed by atoms with E-state index < -0.39 is 23.8 Å². The number of aromatic nitrogens is 2. The molecule has 2 aromatic carbocycles. The molecule has 1 unspecified atom stereocenters. The minimum Gasteiger partial charge on any atom is -0.382 e. The Labute approximate surface area is 161 Å². The maximum absolute atomic E-state index is 14.4. The first-order chi connectivity index (χ1) is 12.8. The van der Waals surface area contributed by atoms with Crippen molar-refractivity contribution >= 4 is 27.7 Å².